The second-order valence-corrected chi connectivity index (χ2v) is 9.70. The zero-order chi connectivity index (χ0) is 23.8. The molecule has 1 aliphatic carbocycles. The summed E-state index contributed by atoms with van der Waals surface area (Å²) in [5.41, 5.74) is 5.99. The number of amides is 1. The Balaban J connectivity index is 1.11. The Morgan fingerprint density at radius 3 is 2.57 bits per heavy atom. The van der Waals surface area contributed by atoms with Gasteiger partial charge in [-0.1, -0.05) is 6.07 Å². The Bertz CT molecular complexity index is 1360. The number of carbonyl (C=O) groups is 1. The smallest absolute Gasteiger partial charge is 0.225 e. The molecule has 1 aromatic carbocycles. The van der Waals surface area contributed by atoms with E-state index in [0.717, 1.165) is 79.2 Å². The second-order valence-electron chi connectivity index (χ2n) is 9.36. The van der Waals surface area contributed by atoms with Crippen LogP contribution in [0.1, 0.15) is 29.9 Å². The van der Waals surface area contributed by atoms with E-state index in [0.29, 0.717) is 18.2 Å². The first-order valence-electron chi connectivity index (χ1n) is 12.0. The van der Waals surface area contributed by atoms with Gasteiger partial charge < -0.3 is 9.88 Å². The molecule has 4 heterocycles. The molecular weight excluding hydrogens is 462 g/mol. The van der Waals surface area contributed by atoms with Gasteiger partial charge in [0.2, 0.25) is 11.2 Å². The van der Waals surface area contributed by atoms with Gasteiger partial charge in [-0.25, -0.2) is 15.0 Å². The number of hydrogen-bond donors (Lipinski definition) is 1. The molecule has 4 aromatic rings. The molecule has 6 rings (SSSR count). The van der Waals surface area contributed by atoms with E-state index in [-0.39, 0.29) is 5.28 Å². The fourth-order valence-electron chi connectivity index (χ4n) is 4.65. The van der Waals surface area contributed by atoms with Crippen molar-refractivity contribution in [2.24, 2.45) is 5.92 Å². The highest BCUT2D eigenvalue weighted by Gasteiger charge is 2.34. The van der Waals surface area contributed by atoms with E-state index in [4.69, 9.17) is 16.6 Å². The molecule has 3 aromatic heterocycles. The van der Waals surface area contributed by atoms with E-state index < -0.39 is 0 Å². The highest BCUT2D eigenvalue weighted by atomic mass is 35.5. The van der Waals surface area contributed by atoms with Crippen LogP contribution < -0.4 is 0 Å². The Kier molecular flexibility index (Phi) is 5.91. The zero-order valence-electron chi connectivity index (χ0n) is 19.3. The van der Waals surface area contributed by atoms with E-state index >= 15 is 0 Å². The van der Waals surface area contributed by atoms with Crippen molar-refractivity contribution in [2.45, 2.75) is 25.8 Å². The van der Waals surface area contributed by atoms with Crippen LogP contribution in [0.3, 0.4) is 0 Å². The molecule has 2 aliphatic rings. The van der Waals surface area contributed by atoms with E-state index in [1.54, 1.807) is 12.4 Å². The first-order chi connectivity index (χ1) is 17.1. The topological polar surface area (TPSA) is 90.9 Å². The summed E-state index contributed by atoms with van der Waals surface area (Å²) in [4.78, 5) is 37.6. The van der Waals surface area contributed by atoms with Gasteiger partial charge in [-0.05, 0) is 59.8 Å². The predicted octanol–water partition coefficient (Wildman–Crippen LogP) is 3.71. The van der Waals surface area contributed by atoms with Crippen molar-refractivity contribution in [3.8, 4) is 11.1 Å². The van der Waals surface area contributed by atoms with Crippen LogP contribution in [-0.4, -0.2) is 66.8 Å². The number of halogens is 1. The summed E-state index contributed by atoms with van der Waals surface area (Å²) in [6.45, 7) is 4.36. The number of fused-ring (bicyclic) bond motifs is 1. The fourth-order valence-corrected chi connectivity index (χ4v) is 4.75. The molecule has 0 bridgehead atoms. The highest BCUT2D eigenvalue weighted by molar-refractivity contribution is 6.28. The number of H-pyrrole nitrogens is 1. The Morgan fingerprint density at radius 1 is 1.00 bits per heavy atom. The van der Waals surface area contributed by atoms with Crippen LogP contribution in [0.15, 0.2) is 48.9 Å². The summed E-state index contributed by atoms with van der Waals surface area (Å²) >= 11 is 5.81. The van der Waals surface area contributed by atoms with Crippen molar-refractivity contribution in [3.63, 3.8) is 0 Å². The lowest BCUT2D eigenvalue weighted by molar-refractivity contribution is -0.134. The van der Waals surface area contributed by atoms with Crippen molar-refractivity contribution in [3.05, 3.63) is 71.3 Å². The number of nitrogens with one attached hydrogen (secondary N) is 1. The number of benzene rings is 1. The maximum atomic E-state index is 12.3. The fraction of sp³-hybridized carbons (Fsp3) is 0.346. The van der Waals surface area contributed by atoms with Crippen LogP contribution in [0.25, 0.3) is 22.2 Å². The number of imidazole rings is 1. The maximum Gasteiger partial charge on any atom is 0.225 e. The lowest BCUT2D eigenvalue weighted by Crippen LogP contribution is -2.48. The summed E-state index contributed by atoms with van der Waals surface area (Å²) in [6.07, 6.45) is 8.08. The minimum atomic E-state index is 0.235. The van der Waals surface area contributed by atoms with E-state index in [2.05, 4.69) is 43.0 Å². The van der Waals surface area contributed by atoms with Gasteiger partial charge in [0.1, 0.15) is 5.82 Å². The average Bonchev–Trinajstić information content (AvgIpc) is 3.64. The summed E-state index contributed by atoms with van der Waals surface area (Å²) in [5, 5.41) is 0.235. The number of aromatic amines is 1. The lowest BCUT2D eigenvalue weighted by atomic mass is 10.1. The molecule has 9 heteroatoms. The molecule has 1 saturated carbocycles. The van der Waals surface area contributed by atoms with Crippen LogP contribution in [0.4, 0.5) is 0 Å². The molecule has 0 radical (unpaired) electrons. The molecule has 35 heavy (non-hydrogen) atoms. The SMILES string of the molecule is O=C(C1CC1)N1CCN(Cc2ccnc(Cc3nc4ccc(-c5cnc(Cl)nc5)cc4[nH]3)c2)CC1. The third-order valence-corrected chi connectivity index (χ3v) is 6.93. The van der Waals surface area contributed by atoms with Crippen molar-refractivity contribution < 1.29 is 4.79 Å². The quantitative estimate of drug-likeness (QED) is 0.417. The number of hydrogen-bond acceptors (Lipinski definition) is 6. The molecule has 1 amide bonds. The van der Waals surface area contributed by atoms with E-state index in [9.17, 15) is 4.79 Å². The molecule has 1 saturated heterocycles. The van der Waals surface area contributed by atoms with Gasteiger partial charge in [-0.2, -0.15) is 0 Å². The molecule has 8 nitrogen and oxygen atoms in total. The third kappa shape index (κ3) is 5.04. The number of nitrogens with zero attached hydrogens (tertiary/aromatic N) is 6. The van der Waals surface area contributed by atoms with Gasteiger partial charge in [0.05, 0.1) is 11.0 Å². The molecule has 1 N–H and O–H groups in total. The molecular formula is C26H26ClN7O. The van der Waals surface area contributed by atoms with Gasteiger partial charge in [-0.3, -0.25) is 14.7 Å². The van der Waals surface area contributed by atoms with Gasteiger partial charge in [0, 0.05) is 74.9 Å². The number of piperazine rings is 1. The molecule has 1 aliphatic heterocycles. The van der Waals surface area contributed by atoms with Crippen LogP contribution in [-0.2, 0) is 17.8 Å². The molecule has 0 unspecified atom stereocenters. The van der Waals surface area contributed by atoms with Crippen LogP contribution in [0.5, 0.6) is 0 Å². The maximum absolute atomic E-state index is 12.3. The molecule has 178 valence electrons. The van der Waals surface area contributed by atoms with Crippen molar-refractivity contribution in [1.29, 1.82) is 0 Å². The van der Waals surface area contributed by atoms with E-state index in [1.165, 1.54) is 5.56 Å². The second kappa shape index (κ2) is 9.36. The van der Waals surface area contributed by atoms with Gasteiger partial charge in [-0.15, -0.1) is 0 Å². The average molecular weight is 488 g/mol. The highest BCUT2D eigenvalue weighted by Crippen LogP contribution is 2.31. The van der Waals surface area contributed by atoms with Crippen LogP contribution in [0, 0.1) is 5.92 Å². The number of aromatic nitrogens is 5. The van der Waals surface area contributed by atoms with Gasteiger partial charge in [0.25, 0.3) is 0 Å². The third-order valence-electron chi connectivity index (χ3n) is 6.73. The van der Waals surface area contributed by atoms with E-state index in [1.807, 2.05) is 23.2 Å². The zero-order valence-corrected chi connectivity index (χ0v) is 20.1. The van der Waals surface area contributed by atoms with Gasteiger partial charge in [0.15, 0.2) is 0 Å². The Morgan fingerprint density at radius 2 is 1.80 bits per heavy atom. The molecule has 0 spiro atoms. The van der Waals surface area contributed by atoms with Crippen molar-refractivity contribution in [1.82, 2.24) is 34.7 Å². The summed E-state index contributed by atoms with van der Waals surface area (Å²) in [5.74, 6) is 1.54. The Labute approximate surface area is 208 Å². The normalized spacial score (nSPS) is 16.7. The predicted molar refractivity (Wildman–Crippen MR) is 134 cm³/mol. The number of pyridine rings is 1. The Hall–Kier alpha value is -3.36. The molecule has 0 atom stereocenters. The summed E-state index contributed by atoms with van der Waals surface area (Å²) in [6, 6.07) is 10.3. The van der Waals surface area contributed by atoms with Crippen molar-refractivity contribution in [2.75, 3.05) is 26.2 Å². The van der Waals surface area contributed by atoms with Crippen LogP contribution >= 0.6 is 11.6 Å². The van der Waals surface area contributed by atoms with Gasteiger partial charge >= 0.3 is 0 Å². The first-order valence-corrected chi connectivity index (χ1v) is 12.4. The minimum Gasteiger partial charge on any atom is -0.342 e. The summed E-state index contributed by atoms with van der Waals surface area (Å²) in [7, 11) is 0. The monoisotopic (exact) mass is 487 g/mol. The molecule has 2 fully saturated rings. The number of rotatable bonds is 6. The minimum absolute atomic E-state index is 0.235. The largest absolute Gasteiger partial charge is 0.342 e. The first kappa shape index (κ1) is 22.1. The lowest BCUT2D eigenvalue weighted by Gasteiger charge is -2.35. The van der Waals surface area contributed by atoms with Crippen molar-refractivity contribution >= 4 is 28.5 Å². The standard InChI is InChI=1S/C26H26ClN7O/c27-26-29-14-20(15-30-26)19-3-4-22-23(12-19)32-24(31-22)13-21-11-17(5-6-28-21)16-33-7-9-34(10-8-33)25(35)18-1-2-18/h3-6,11-12,14-15,18H,1-2,7-10,13,16H2,(H,31,32). The number of carbonyl (C=O) groups excluding carboxylic acids is 1. The van der Waals surface area contributed by atoms with Crippen LogP contribution in [0.2, 0.25) is 5.28 Å². The summed E-state index contributed by atoms with van der Waals surface area (Å²) < 4.78 is 0.